The third-order valence-electron chi connectivity index (χ3n) is 3.60. The van der Waals surface area contributed by atoms with Gasteiger partial charge in [-0.3, -0.25) is 4.79 Å². The highest BCUT2D eigenvalue weighted by atomic mass is 35.5. The topological polar surface area (TPSA) is 75.3 Å². The molecule has 0 saturated heterocycles. The summed E-state index contributed by atoms with van der Waals surface area (Å²) in [4.78, 5) is 12.2. The van der Waals surface area contributed by atoms with Crippen LogP contribution in [-0.4, -0.2) is 20.9 Å². The summed E-state index contributed by atoms with van der Waals surface area (Å²) in [5.74, 6) is -0.464. The van der Waals surface area contributed by atoms with Crippen molar-refractivity contribution < 1.29 is 13.2 Å². The third-order valence-corrected chi connectivity index (χ3v) is 5.55. The molecule has 2 N–H and O–H groups in total. The largest absolute Gasteiger partial charge is 0.325 e. The van der Waals surface area contributed by atoms with Crippen molar-refractivity contribution in [1.29, 1.82) is 0 Å². The molecule has 0 fully saturated rings. The lowest BCUT2D eigenvalue weighted by molar-refractivity contribution is -0.115. The average molecular weight is 367 g/mol. The fraction of sp³-hybridized carbons (Fsp3) is 0.235. The highest BCUT2D eigenvalue weighted by Crippen LogP contribution is 2.22. The lowest BCUT2D eigenvalue weighted by Crippen LogP contribution is -2.33. The maximum Gasteiger partial charge on any atom is 0.241 e. The molecule has 2 aromatic carbocycles. The summed E-state index contributed by atoms with van der Waals surface area (Å²) in [5, 5.41) is 3.18. The molecule has 0 aliphatic carbocycles. The van der Waals surface area contributed by atoms with Crippen LogP contribution in [-0.2, 0) is 14.8 Å². The van der Waals surface area contributed by atoms with Gasteiger partial charge in [-0.15, -0.1) is 0 Å². The van der Waals surface area contributed by atoms with Crippen LogP contribution in [0.4, 0.5) is 5.69 Å². The van der Waals surface area contributed by atoms with Gasteiger partial charge in [0.1, 0.15) is 0 Å². The molecular formula is C17H19ClN2O3S. The van der Waals surface area contributed by atoms with Gasteiger partial charge in [-0.2, -0.15) is 0 Å². The summed E-state index contributed by atoms with van der Waals surface area (Å²) in [5.41, 5.74) is 2.74. The van der Waals surface area contributed by atoms with E-state index in [0.29, 0.717) is 16.3 Å². The summed E-state index contributed by atoms with van der Waals surface area (Å²) < 4.78 is 27.1. The van der Waals surface area contributed by atoms with Crippen LogP contribution in [0.5, 0.6) is 0 Å². The molecule has 0 radical (unpaired) electrons. The quantitative estimate of drug-likeness (QED) is 0.853. The smallest absolute Gasteiger partial charge is 0.241 e. The maximum absolute atomic E-state index is 12.4. The van der Waals surface area contributed by atoms with Gasteiger partial charge in [0.05, 0.1) is 11.4 Å². The number of benzene rings is 2. The number of anilines is 1. The van der Waals surface area contributed by atoms with Crippen LogP contribution in [0.15, 0.2) is 41.3 Å². The summed E-state index contributed by atoms with van der Waals surface area (Å²) in [6.45, 7) is 4.94. The van der Waals surface area contributed by atoms with Crippen LogP contribution < -0.4 is 10.0 Å². The SMILES string of the molecule is Cc1ccc(C)c(S(=O)(=O)NCC(=O)Nc2cccc(Cl)c2C)c1. The summed E-state index contributed by atoms with van der Waals surface area (Å²) in [7, 11) is -3.76. The first-order valence-corrected chi connectivity index (χ1v) is 9.18. The van der Waals surface area contributed by atoms with Crippen LogP contribution in [0.1, 0.15) is 16.7 Å². The van der Waals surface area contributed by atoms with Crippen molar-refractivity contribution in [3.63, 3.8) is 0 Å². The zero-order chi connectivity index (χ0) is 17.9. The first kappa shape index (κ1) is 18.4. The lowest BCUT2D eigenvalue weighted by atomic mass is 10.2. The van der Waals surface area contributed by atoms with Gasteiger partial charge in [-0.1, -0.05) is 29.8 Å². The number of amides is 1. The van der Waals surface area contributed by atoms with Gasteiger partial charge in [0.25, 0.3) is 0 Å². The minimum Gasteiger partial charge on any atom is -0.325 e. The second kappa shape index (κ2) is 7.34. The predicted molar refractivity (Wildman–Crippen MR) is 95.9 cm³/mol. The average Bonchev–Trinajstić information content (AvgIpc) is 2.52. The minimum atomic E-state index is -3.76. The zero-order valence-corrected chi connectivity index (χ0v) is 15.3. The second-order valence-corrected chi connectivity index (χ2v) is 7.70. The number of rotatable bonds is 5. The van der Waals surface area contributed by atoms with Crippen molar-refractivity contribution in [3.8, 4) is 0 Å². The number of aryl methyl sites for hydroxylation is 2. The van der Waals surface area contributed by atoms with Crippen molar-refractivity contribution in [2.75, 3.05) is 11.9 Å². The minimum absolute atomic E-state index is 0.175. The molecule has 0 bridgehead atoms. The normalized spacial score (nSPS) is 11.3. The van der Waals surface area contributed by atoms with Gasteiger partial charge in [-0.05, 0) is 55.7 Å². The maximum atomic E-state index is 12.4. The number of hydrogen-bond acceptors (Lipinski definition) is 3. The fourth-order valence-electron chi connectivity index (χ4n) is 2.17. The number of carbonyl (C=O) groups is 1. The number of sulfonamides is 1. The molecule has 7 heteroatoms. The molecule has 0 heterocycles. The Balaban J connectivity index is 2.08. The molecule has 0 aliphatic rings. The van der Waals surface area contributed by atoms with E-state index in [2.05, 4.69) is 10.0 Å². The Bertz CT molecular complexity index is 879. The zero-order valence-electron chi connectivity index (χ0n) is 13.7. The molecule has 0 aromatic heterocycles. The van der Waals surface area contributed by atoms with Crippen LogP contribution in [0.25, 0.3) is 0 Å². The van der Waals surface area contributed by atoms with E-state index < -0.39 is 15.9 Å². The van der Waals surface area contributed by atoms with Crippen LogP contribution in [0.2, 0.25) is 5.02 Å². The van der Waals surface area contributed by atoms with Crippen molar-refractivity contribution in [2.45, 2.75) is 25.7 Å². The van der Waals surface area contributed by atoms with E-state index in [9.17, 15) is 13.2 Å². The van der Waals surface area contributed by atoms with Gasteiger partial charge >= 0.3 is 0 Å². The molecular weight excluding hydrogens is 348 g/mol. The first-order chi connectivity index (χ1) is 11.2. The molecule has 0 spiro atoms. The molecule has 0 saturated carbocycles. The van der Waals surface area contributed by atoms with Crippen molar-refractivity contribution in [3.05, 3.63) is 58.1 Å². The van der Waals surface area contributed by atoms with Gasteiger partial charge in [-0.25, -0.2) is 13.1 Å². The molecule has 2 aromatic rings. The van der Waals surface area contributed by atoms with Gasteiger partial charge in [0, 0.05) is 10.7 Å². The van der Waals surface area contributed by atoms with E-state index in [-0.39, 0.29) is 11.4 Å². The third kappa shape index (κ3) is 4.35. The number of nitrogens with one attached hydrogen (secondary N) is 2. The van der Waals surface area contributed by atoms with Crippen LogP contribution >= 0.6 is 11.6 Å². The molecule has 0 aliphatic heterocycles. The molecule has 2 rings (SSSR count). The van der Waals surface area contributed by atoms with E-state index >= 15 is 0 Å². The fourth-order valence-corrected chi connectivity index (χ4v) is 3.66. The lowest BCUT2D eigenvalue weighted by Gasteiger charge is -2.12. The standard InChI is InChI=1S/C17H19ClN2O3S/c1-11-7-8-12(2)16(9-11)24(22,23)19-10-17(21)20-15-6-4-5-14(18)13(15)3/h4-9,19H,10H2,1-3H3,(H,20,21). The number of carbonyl (C=O) groups excluding carboxylic acids is 1. The van der Waals surface area contributed by atoms with Crippen LogP contribution in [0.3, 0.4) is 0 Å². The number of hydrogen-bond donors (Lipinski definition) is 2. The first-order valence-electron chi connectivity index (χ1n) is 7.32. The van der Waals surface area contributed by atoms with Crippen LogP contribution in [0, 0.1) is 20.8 Å². The van der Waals surface area contributed by atoms with Gasteiger partial charge < -0.3 is 5.32 Å². The Morgan fingerprint density at radius 1 is 1.12 bits per heavy atom. The van der Waals surface area contributed by atoms with Gasteiger partial charge in [0.15, 0.2) is 0 Å². The number of halogens is 1. The van der Waals surface area contributed by atoms with Gasteiger partial charge in [0.2, 0.25) is 15.9 Å². The Morgan fingerprint density at radius 2 is 1.83 bits per heavy atom. The molecule has 24 heavy (non-hydrogen) atoms. The Labute approximate surface area is 147 Å². The molecule has 1 amide bonds. The molecule has 0 atom stereocenters. The highest BCUT2D eigenvalue weighted by molar-refractivity contribution is 7.89. The molecule has 0 unspecified atom stereocenters. The van der Waals surface area contributed by atoms with E-state index in [1.807, 2.05) is 13.0 Å². The Morgan fingerprint density at radius 3 is 2.54 bits per heavy atom. The van der Waals surface area contributed by atoms with Crippen molar-refractivity contribution in [1.82, 2.24) is 4.72 Å². The van der Waals surface area contributed by atoms with Crippen molar-refractivity contribution >= 4 is 33.2 Å². The second-order valence-electron chi connectivity index (χ2n) is 5.55. The molecule has 5 nitrogen and oxygen atoms in total. The summed E-state index contributed by atoms with van der Waals surface area (Å²) >= 11 is 6.00. The van der Waals surface area contributed by atoms with E-state index in [0.717, 1.165) is 11.1 Å². The van der Waals surface area contributed by atoms with Crippen molar-refractivity contribution in [2.24, 2.45) is 0 Å². The van der Waals surface area contributed by atoms with E-state index in [1.165, 1.54) is 0 Å². The molecule has 128 valence electrons. The predicted octanol–water partition coefficient (Wildman–Crippen LogP) is 3.18. The monoisotopic (exact) mass is 366 g/mol. The Kier molecular flexibility index (Phi) is 5.64. The summed E-state index contributed by atoms with van der Waals surface area (Å²) in [6, 6.07) is 10.3. The summed E-state index contributed by atoms with van der Waals surface area (Å²) in [6.07, 6.45) is 0. The van der Waals surface area contributed by atoms with E-state index in [1.54, 1.807) is 44.2 Å². The Hall–Kier alpha value is -1.89. The van der Waals surface area contributed by atoms with E-state index in [4.69, 9.17) is 11.6 Å². The highest BCUT2D eigenvalue weighted by Gasteiger charge is 2.18.